The Balaban J connectivity index is 0.000000156. The van der Waals surface area contributed by atoms with Crippen molar-refractivity contribution >= 4 is 50.2 Å². The van der Waals surface area contributed by atoms with Crippen molar-refractivity contribution < 1.29 is 0 Å². The van der Waals surface area contributed by atoms with Gasteiger partial charge in [0.05, 0.1) is 38.7 Å². The topological polar surface area (TPSA) is 20.2 Å². The molecule has 5 aliphatic carbocycles. The molecular weight excluding hydrogens is 1300 g/mol. The molecule has 1 aliphatic heterocycles. The van der Waals surface area contributed by atoms with Gasteiger partial charge in [-0.1, -0.05) is 340 Å². The fraction of sp³-hybridized carbons (Fsp3) is 0.0286. The lowest BCUT2D eigenvalue weighted by molar-refractivity contribution is 0.748. The molecule has 3 heteroatoms. The van der Waals surface area contributed by atoms with Crippen LogP contribution in [0.15, 0.2) is 400 Å². The van der Waals surface area contributed by atoms with Gasteiger partial charge in [-0.05, 0) is 194 Å². The van der Waals surface area contributed by atoms with E-state index < -0.39 is 10.8 Å². The second-order valence-electron chi connectivity index (χ2n) is 29.6. The lowest BCUT2D eigenvalue weighted by Crippen LogP contribution is -2.33. The molecule has 0 amide bonds. The minimum atomic E-state index is -0.586. The van der Waals surface area contributed by atoms with Crippen LogP contribution in [0.25, 0.3) is 105 Å². The molecule has 1 unspecified atom stereocenters. The number of aromatic nitrogens is 1. The van der Waals surface area contributed by atoms with Crippen molar-refractivity contribution in [2.45, 2.75) is 16.2 Å². The van der Waals surface area contributed by atoms with Gasteiger partial charge in [0, 0.05) is 44.6 Å². The first-order chi connectivity index (χ1) is 53.6. The van der Waals surface area contributed by atoms with Crippen molar-refractivity contribution in [3.05, 3.63) is 467 Å². The number of hydrogen-bond acceptors (Lipinski definition) is 2. The van der Waals surface area contributed by atoms with Crippen LogP contribution in [0.4, 0.5) is 28.4 Å². The van der Waals surface area contributed by atoms with E-state index >= 15 is 0 Å². The van der Waals surface area contributed by atoms with Gasteiger partial charge in [0.15, 0.2) is 0 Å². The van der Waals surface area contributed by atoms with Gasteiger partial charge in [-0.2, -0.15) is 0 Å². The van der Waals surface area contributed by atoms with Crippen LogP contribution in [0.1, 0.15) is 66.8 Å². The highest BCUT2D eigenvalue weighted by Gasteiger charge is 2.55. The summed E-state index contributed by atoms with van der Waals surface area (Å²) in [5.41, 5.74) is 41.9. The Bertz CT molecular complexity index is 6690. The van der Waals surface area contributed by atoms with Crippen LogP contribution < -0.4 is 10.2 Å². The zero-order valence-corrected chi connectivity index (χ0v) is 59.0. The molecule has 24 rings (SSSR count). The number of nitrogens with one attached hydrogen (secondary N) is 1. The lowest BCUT2D eigenvalue weighted by Gasteiger charge is -2.40. The number of benzene rings is 17. The number of para-hydroxylation sites is 3. The number of anilines is 5. The van der Waals surface area contributed by atoms with E-state index in [1.165, 1.54) is 172 Å². The van der Waals surface area contributed by atoms with Gasteiger partial charge in [-0.3, -0.25) is 0 Å². The molecule has 18 aromatic rings. The lowest BCUT2D eigenvalue weighted by atomic mass is 9.65. The minimum Gasteiger partial charge on any atom is -0.355 e. The molecule has 3 spiro atoms. The highest BCUT2D eigenvalue weighted by molar-refractivity contribution is 6.13. The molecule has 3 nitrogen and oxygen atoms in total. The second kappa shape index (κ2) is 23.1. The van der Waals surface area contributed by atoms with Gasteiger partial charge in [0.2, 0.25) is 0 Å². The Kier molecular flexibility index (Phi) is 12.9. The summed E-state index contributed by atoms with van der Waals surface area (Å²) in [5.74, 6) is 0. The van der Waals surface area contributed by atoms with Gasteiger partial charge < -0.3 is 14.8 Å². The first-order valence-corrected chi connectivity index (χ1v) is 37.7. The standard InChI is InChI=1S/C68H42N2.C37H25N/c1-2-18-43(19-3-1)44-36-38-45(39-37-44)69(64-35-17-31-59-65(64)53-24-7-12-29-57(53)67(59)54-26-9-4-20-47(54)48-21-5-10-27-55(48)67)46-40-41-50-49-22-6-11-28-56(49)68(61(50)42-46)58-30-13-15-34-63(58)70-62-33-14-8-23-51(62)52-25-16-32-60(68)66(52)70;1-2-11-25(12-3-1)26-21-23-27(24-22-26)38-35-20-10-19-34-36(35)30-15-6-9-18-33(30)37(34)31-16-7-4-13-28(31)29-14-5-8-17-32(29)37/h1-42H;1-24,38H. The summed E-state index contributed by atoms with van der Waals surface area (Å²) in [6.45, 7) is 0. The van der Waals surface area contributed by atoms with Gasteiger partial charge >= 0.3 is 0 Å². The third-order valence-electron chi connectivity index (χ3n) is 24.7. The van der Waals surface area contributed by atoms with E-state index in [2.05, 4.69) is 415 Å². The maximum Gasteiger partial charge on any atom is 0.0755 e. The van der Waals surface area contributed by atoms with E-state index in [-0.39, 0.29) is 5.41 Å². The summed E-state index contributed by atoms with van der Waals surface area (Å²) in [6, 6.07) is 149. The monoisotopic (exact) mass is 1370 g/mol. The maximum atomic E-state index is 3.78. The Labute approximate surface area is 627 Å². The molecule has 1 aromatic heterocycles. The van der Waals surface area contributed by atoms with Crippen molar-refractivity contribution in [1.29, 1.82) is 0 Å². The highest BCUT2D eigenvalue weighted by atomic mass is 15.1. The van der Waals surface area contributed by atoms with Crippen molar-refractivity contribution in [3.8, 4) is 83.6 Å². The Morgan fingerprint density at radius 1 is 0.231 bits per heavy atom. The molecule has 2 heterocycles. The van der Waals surface area contributed by atoms with E-state index in [1.54, 1.807) is 0 Å². The van der Waals surface area contributed by atoms with E-state index in [1.807, 2.05) is 0 Å². The molecule has 6 aliphatic rings. The summed E-state index contributed by atoms with van der Waals surface area (Å²) in [6.07, 6.45) is 0. The molecule has 1 atom stereocenters. The largest absolute Gasteiger partial charge is 0.355 e. The molecule has 0 saturated carbocycles. The van der Waals surface area contributed by atoms with Gasteiger partial charge in [0.25, 0.3) is 0 Å². The average molecular weight is 1370 g/mol. The van der Waals surface area contributed by atoms with Crippen molar-refractivity contribution in [3.63, 3.8) is 0 Å². The molecular formula is C105H67N3. The quantitative estimate of drug-likeness (QED) is 0.172. The Morgan fingerprint density at radius 2 is 0.602 bits per heavy atom. The summed E-state index contributed by atoms with van der Waals surface area (Å²) >= 11 is 0. The van der Waals surface area contributed by atoms with Crippen LogP contribution >= 0.6 is 0 Å². The summed E-state index contributed by atoms with van der Waals surface area (Å²) < 4.78 is 2.53. The van der Waals surface area contributed by atoms with Gasteiger partial charge in [0.1, 0.15) is 0 Å². The maximum absolute atomic E-state index is 3.78. The number of hydrogen-bond donors (Lipinski definition) is 1. The zero-order valence-electron chi connectivity index (χ0n) is 59.0. The van der Waals surface area contributed by atoms with Gasteiger partial charge in [-0.15, -0.1) is 0 Å². The molecule has 502 valence electrons. The fourth-order valence-electron chi connectivity index (χ4n) is 20.6. The SMILES string of the molecule is c1ccc(-c2ccc(N(c3ccc4c(c3)C3(c5ccccc5-4)c4ccccc4-n4c5ccccc5c5cccc3c54)c3cccc4c3-c3ccccc3C43c4ccccc4-c4ccccc43)cc2)cc1.c1ccc(-c2ccc(Nc3cccc4c3-c3ccccc3C43c4ccccc4-c4ccccc43)cc2)cc1. The van der Waals surface area contributed by atoms with Crippen LogP contribution in [0.2, 0.25) is 0 Å². The molecule has 0 radical (unpaired) electrons. The summed E-state index contributed by atoms with van der Waals surface area (Å²) in [5, 5.41) is 6.34. The van der Waals surface area contributed by atoms with Crippen LogP contribution in [-0.2, 0) is 16.2 Å². The zero-order chi connectivity index (χ0) is 70.8. The van der Waals surface area contributed by atoms with Crippen molar-refractivity contribution in [2.75, 3.05) is 10.2 Å². The van der Waals surface area contributed by atoms with E-state index in [4.69, 9.17) is 0 Å². The molecule has 108 heavy (non-hydrogen) atoms. The highest BCUT2D eigenvalue weighted by Crippen LogP contribution is 2.68. The van der Waals surface area contributed by atoms with E-state index in [9.17, 15) is 0 Å². The number of rotatable bonds is 7. The molecule has 0 saturated heterocycles. The average Bonchev–Trinajstić information content (AvgIpc) is 1.49. The Hall–Kier alpha value is -13.9. The minimum absolute atomic E-state index is 0.312. The van der Waals surface area contributed by atoms with E-state index in [0.717, 1.165) is 28.4 Å². The van der Waals surface area contributed by atoms with E-state index in [0.29, 0.717) is 0 Å². The van der Waals surface area contributed by atoms with Gasteiger partial charge in [-0.25, -0.2) is 0 Å². The molecule has 1 N–H and O–H groups in total. The van der Waals surface area contributed by atoms with Crippen LogP contribution in [0.3, 0.4) is 0 Å². The predicted molar refractivity (Wildman–Crippen MR) is 446 cm³/mol. The molecule has 0 fully saturated rings. The summed E-state index contributed by atoms with van der Waals surface area (Å²) in [7, 11) is 0. The van der Waals surface area contributed by atoms with Crippen molar-refractivity contribution in [2.24, 2.45) is 0 Å². The first-order valence-electron chi connectivity index (χ1n) is 37.7. The van der Waals surface area contributed by atoms with Crippen molar-refractivity contribution in [1.82, 2.24) is 4.57 Å². The van der Waals surface area contributed by atoms with Crippen LogP contribution in [-0.4, -0.2) is 4.57 Å². The van der Waals surface area contributed by atoms with Crippen LogP contribution in [0, 0.1) is 0 Å². The summed E-state index contributed by atoms with van der Waals surface area (Å²) in [4.78, 5) is 2.56. The number of fused-ring (bicyclic) bond motifs is 32. The predicted octanol–water partition coefficient (Wildman–Crippen LogP) is 26.4. The second-order valence-corrected chi connectivity index (χ2v) is 29.6. The third kappa shape index (κ3) is 8.06. The van der Waals surface area contributed by atoms with Crippen LogP contribution in [0.5, 0.6) is 0 Å². The molecule has 17 aromatic carbocycles. The Morgan fingerprint density at radius 3 is 1.16 bits per heavy atom. The first kappa shape index (κ1) is 60.5. The number of nitrogens with zero attached hydrogens (tertiary/aromatic N) is 2. The molecule has 0 bridgehead atoms. The normalized spacial score (nSPS) is 14.9. The third-order valence-corrected chi connectivity index (χ3v) is 24.7. The fourth-order valence-corrected chi connectivity index (χ4v) is 20.6. The smallest absolute Gasteiger partial charge is 0.0755 e.